The van der Waals surface area contributed by atoms with Crippen molar-refractivity contribution in [3.63, 3.8) is 0 Å². The number of aliphatic hydroxyl groups excluding tert-OH is 3. The van der Waals surface area contributed by atoms with Crippen molar-refractivity contribution < 1.29 is 15.3 Å². The molecule has 7 nitrogen and oxygen atoms in total. The van der Waals surface area contributed by atoms with Gasteiger partial charge >= 0.3 is 0 Å². The molecule has 0 amide bonds. The van der Waals surface area contributed by atoms with Crippen LogP contribution in [-0.2, 0) is 0 Å². The Morgan fingerprint density at radius 3 is 2.75 bits per heavy atom. The van der Waals surface area contributed by atoms with Crippen LogP contribution in [0.25, 0.3) is 11.0 Å². The fourth-order valence-corrected chi connectivity index (χ4v) is 2.63. The molecular formula is C13H16N4O3. The summed E-state index contributed by atoms with van der Waals surface area (Å²) in [4.78, 5) is 8.14. The van der Waals surface area contributed by atoms with Crippen molar-refractivity contribution in [2.45, 2.75) is 31.3 Å². The van der Waals surface area contributed by atoms with Gasteiger partial charge in [0.1, 0.15) is 17.7 Å². The summed E-state index contributed by atoms with van der Waals surface area (Å²) in [5, 5.41) is 29.8. The Morgan fingerprint density at radius 2 is 2.10 bits per heavy atom. The Kier molecular flexibility index (Phi) is 2.97. The molecule has 5 N–H and O–H groups in total. The van der Waals surface area contributed by atoms with E-state index in [1.807, 2.05) is 0 Å². The Labute approximate surface area is 115 Å². The van der Waals surface area contributed by atoms with Gasteiger partial charge in [0.2, 0.25) is 0 Å². The van der Waals surface area contributed by atoms with Crippen LogP contribution < -0.4 is 5.73 Å². The summed E-state index contributed by atoms with van der Waals surface area (Å²) >= 11 is 0. The Hall–Kier alpha value is -1.96. The van der Waals surface area contributed by atoms with Crippen LogP contribution in [0.5, 0.6) is 0 Å². The van der Waals surface area contributed by atoms with E-state index in [1.54, 1.807) is 36.2 Å². The van der Waals surface area contributed by atoms with Crippen molar-refractivity contribution in [1.29, 1.82) is 0 Å². The van der Waals surface area contributed by atoms with Crippen molar-refractivity contribution in [1.82, 2.24) is 14.5 Å². The summed E-state index contributed by atoms with van der Waals surface area (Å²) in [5.41, 5.74) is 7.43. The molecule has 20 heavy (non-hydrogen) atoms. The van der Waals surface area contributed by atoms with E-state index in [2.05, 4.69) is 9.97 Å². The topological polar surface area (TPSA) is 117 Å². The lowest BCUT2D eigenvalue weighted by molar-refractivity contribution is 0.0238. The molecule has 2 aromatic rings. The van der Waals surface area contributed by atoms with E-state index in [9.17, 15) is 15.3 Å². The van der Waals surface area contributed by atoms with Crippen LogP contribution in [0.15, 0.2) is 30.2 Å². The molecular weight excluding hydrogens is 260 g/mol. The Morgan fingerprint density at radius 1 is 1.35 bits per heavy atom. The third-order valence-corrected chi connectivity index (χ3v) is 3.70. The van der Waals surface area contributed by atoms with Crippen LogP contribution in [0.4, 0.5) is 5.82 Å². The van der Waals surface area contributed by atoms with Crippen molar-refractivity contribution in [3.05, 3.63) is 30.2 Å². The molecule has 0 spiro atoms. The number of nitrogens with zero attached hydrogens (tertiary/aromatic N) is 3. The van der Waals surface area contributed by atoms with Gasteiger partial charge in [-0.3, -0.25) is 0 Å². The molecule has 0 unspecified atom stereocenters. The van der Waals surface area contributed by atoms with E-state index in [0.717, 1.165) is 5.52 Å². The SMILES string of the molecule is C[C@H](O)C1=C[C@@H](n2cnc3c(N)nccc32)[C@H](O)[C@@H]1O. The largest absolute Gasteiger partial charge is 0.389 e. The maximum atomic E-state index is 10.2. The highest BCUT2D eigenvalue weighted by Crippen LogP contribution is 2.33. The van der Waals surface area contributed by atoms with Crippen molar-refractivity contribution in [2.24, 2.45) is 0 Å². The summed E-state index contributed by atoms with van der Waals surface area (Å²) < 4.78 is 1.72. The lowest BCUT2D eigenvalue weighted by Gasteiger charge is -2.19. The molecule has 3 rings (SSSR count). The number of aliphatic hydroxyl groups is 3. The summed E-state index contributed by atoms with van der Waals surface area (Å²) in [6, 6.07) is 1.24. The first-order valence-corrected chi connectivity index (χ1v) is 6.33. The number of pyridine rings is 1. The van der Waals surface area contributed by atoms with Crippen LogP contribution >= 0.6 is 0 Å². The Balaban J connectivity index is 2.10. The van der Waals surface area contributed by atoms with Gasteiger partial charge in [-0.15, -0.1) is 0 Å². The molecule has 0 bridgehead atoms. The molecule has 0 radical (unpaired) electrons. The monoisotopic (exact) mass is 276 g/mol. The highest BCUT2D eigenvalue weighted by atomic mass is 16.3. The van der Waals surface area contributed by atoms with Crippen LogP contribution in [0.1, 0.15) is 13.0 Å². The number of rotatable bonds is 2. The average molecular weight is 276 g/mol. The third kappa shape index (κ3) is 1.79. The number of fused-ring (bicyclic) bond motifs is 1. The van der Waals surface area contributed by atoms with Crippen LogP contribution in [0.2, 0.25) is 0 Å². The lowest BCUT2D eigenvalue weighted by Crippen LogP contribution is -2.31. The molecule has 1 aliphatic rings. The van der Waals surface area contributed by atoms with E-state index in [-0.39, 0.29) is 0 Å². The summed E-state index contributed by atoms with van der Waals surface area (Å²) in [6.45, 7) is 1.55. The molecule has 0 fully saturated rings. The van der Waals surface area contributed by atoms with Crippen molar-refractivity contribution in [2.75, 3.05) is 5.73 Å². The fourth-order valence-electron chi connectivity index (χ4n) is 2.63. The van der Waals surface area contributed by atoms with E-state index >= 15 is 0 Å². The first-order chi connectivity index (χ1) is 9.50. The van der Waals surface area contributed by atoms with Crippen LogP contribution in [0.3, 0.4) is 0 Å². The molecule has 1 aliphatic carbocycles. The highest BCUT2D eigenvalue weighted by molar-refractivity contribution is 5.84. The first kappa shape index (κ1) is 13.0. The van der Waals surface area contributed by atoms with Gasteiger partial charge in [0, 0.05) is 6.20 Å². The maximum absolute atomic E-state index is 10.2. The molecule has 2 aromatic heterocycles. The molecule has 7 heteroatoms. The summed E-state index contributed by atoms with van der Waals surface area (Å²) in [5.74, 6) is 0.314. The smallest absolute Gasteiger partial charge is 0.151 e. The summed E-state index contributed by atoms with van der Waals surface area (Å²) in [7, 11) is 0. The predicted octanol–water partition coefficient (Wildman–Crippen LogP) is -0.403. The van der Waals surface area contributed by atoms with Gasteiger partial charge < -0.3 is 25.6 Å². The van der Waals surface area contributed by atoms with E-state index in [4.69, 9.17) is 5.73 Å². The van der Waals surface area contributed by atoms with E-state index < -0.39 is 24.4 Å². The first-order valence-electron chi connectivity index (χ1n) is 6.33. The van der Waals surface area contributed by atoms with E-state index in [1.165, 1.54) is 0 Å². The van der Waals surface area contributed by atoms with Crippen LogP contribution in [-0.4, -0.2) is 48.2 Å². The zero-order chi connectivity index (χ0) is 14.4. The van der Waals surface area contributed by atoms with Gasteiger partial charge in [0.15, 0.2) is 5.82 Å². The predicted molar refractivity (Wildman–Crippen MR) is 72.8 cm³/mol. The minimum Gasteiger partial charge on any atom is -0.389 e. The number of anilines is 1. The van der Waals surface area contributed by atoms with Gasteiger partial charge in [-0.25, -0.2) is 9.97 Å². The standard InChI is InChI=1S/C13H16N4O3/c1-6(18)7-4-9(12(20)11(7)19)17-5-16-10-8(17)2-3-15-13(10)14/h2-6,9,11-12,18-20H,1H3,(H2,14,15)/t6-,9+,11+,12-/m0/s1. The Bertz CT molecular complexity index is 679. The quantitative estimate of drug-likeness (QED) is 0.554. The van der Waals surface area contributed by atoms with Crippen molar-refractivity contribution >= 4 is 16.9 Å². The lowest BCUT2D eigenvalue weighted by atomic mass is 10.1. The van der Waals surface area contributed by atoms with Gasteiger partial charge in [0.25, 0.3) is 0 Å². The molecule has 106 valence electrons. The molecule has 4 atom stereocenters. The minimum absolute atomic E-state index is 0.314. The molecule has 0 aromatic carbocycles. The second kappa shape index (κ2) is 4.55. The second-order valence-electron chi connectivity index (χ2n) is 4.98. The average Bonchev–Trinajstić information content (AvgIpc) is 2.94. The molecule has 2 heterocycles. The van der Waals surface area contributed by atoms with E-state index in [0.29, 0.717) is 16.9 Å². The van der Waals surface area contributed by atoms with Gasteiger partial charge in [0.05, 0.1) is 24.0 Å². The normalized spacial score (nSPS) is 27.8. The number of aromatic nitrogens is 3. The fraction of sp³-hybridized carbons (Fsp3) is 0.385. The van der Waals surface area contributed by atoms with Gasteiger partial charge in [-0.05, 0) is 18.6 Å². The third-order valence-electron chi connectivity index (χ3n) is 3.70. The number of hydrogen-bond donors (Lipinski definition) is 4. The number of imidazole rings is 1. The second-order valence-corrected chi connectivity index (χ2v) is 4.98. The van der Waals surface area contributed by atoms with Gasteiger partial charge in [-0.2, -0.15) is 0 Å². The van der Waals surface area contributed by atoms with Crippen molar-refractivity contribution in [3.8, 4) is 0 Å². The number of nitrogens with two attached hydrogens (primary N) is 1. The molecule has 0 aliphatic heterocycles. The molecule has 0 saturated carbocycles. The van der Waals surface area contributed by atoms with Gasteiger partial charge in [-0.1, -0.05) is 6.08 Å². The zero-order valence-corrected chi connectivity index (χ0v) is 10.9. The molecule has 0 saturated heterocycles. The summed E-state index contributed by atoms with van der Waals surface area (Å²) in [6.07, 6.45) is 1.84. The highest BCUT2D eigenvalue weighted by Gasteiger charge is 2.37. The minimum atomic E-state index is -1.09. The van der Waals surface area contributed by atoms with Crippen LogP contribution in [0, 0.1) is 0 Å². The maximum Gasteiger partial charge on any atom is 0.151 e. The number of hydrogen-bond acceptors (Lipinski definition) is 6. The zero-order valence-electron chi connectivity index (χ0n) is 10.9. The number of nitrogen functional groups attached to an aromatic ring is 1.